The zero-order chi connectivity index (χ0) is 29.9. The lowest BCUT2D eigenvalue weighted by Gasteiger charge is -2.44. The van der Waals surface area contributed by atoms with E-state index in [0.717, 1.165) is 38.7 Å². The molecule has 0 fully saturated rings. The number of halogens is 1. The van der Waals surface area contributed by atoms with Crippen LogP contribution in [0.15, 0.2) is 65.2 Å². The Labute approximate surface area is 229 Å². The molecule has 2 aromatic heterocycles. The van der Waals surface area contributed by atoms with Gasteiger partial charge in [0.2, 0.25) is 5.69 Å². The zero-order valence-electron chi connectivity index (χ0n) is 26.5. The molecule has 1 aliphatic rings. The van der Waals surface area contributed by atoms with Crippen LogP contribution in [0.25, 0.3) is 44.3 Å². The van der Waals surface area contributed by atoms with Crippen molar-refractivity contribution < 1.29 is 17.5 Å². The molecule has 6 rings (SSSR count). The van der Waals surface area contributed by atoms with Crippen LogP contribution in [0.1, 0.15) is 67.9 Å². The summed E-state index contributed by atoms with van der Waals surface area (Å²) in [5.74, 6) is -0.439. The molecule has 0 saturated carbocycles. The van der Waals surface area contributed by atoms with E-state index in [1.807, 2.05) is 55.1 Å². The normalized spacial score (nSPS) is 18.8. The third-order valence-electron chi connectivity index (χ3n) is 10.1. The summed E-state index contributed by atoms with van der Waals surface area (Å²) in [7, 11) is 1.99. The van der Waals surface area contributed by atoms with Crippen molar-refractivity contribution in [3.8, 4) is 22.4 Å². The Kier molecular flexibility index (Phi) is 4.40. The molecule has 0 amide bonds. The first-order chi connectivity index (χ1) is 19.0. The molecule has 38 heavy (non-hydrogen) atoms. The van der Waals surface area contributed by atoms with Crippen molar-refractivity contribution in [1.82, 2.24) is 0 Å². The van der Waals surface area contributed by atoms with Gasteiger partial charge in [-0.3, -0.25) is 0 Å². The summed E-state index contributed by atoms with van der Waals surface area (Å²) >= 11 is 0. The van der Waals surface area contributed by atoms with E-state index in [1.54, 1.807) is 12.1 Å². The van der Waals surface area contributed by atoms with Gasteiger partial charge in [-0.1, -0.05) is 65.8 Å². The number of aryl methyl sites for hydroxylation is 3. The summed E-state index contributed by atoms with van der Waals surface area (Å²) in [6.07, 6.45) is 1.99. The standard InChI is InChI=1S/C35H37FNO/c1-20-13-14-23-24-15-16-26(36)29(32(24)38-31(23)28(20)27-12-10-11-17-37(27)9)22-18-21(2)30-25(19-22)33(3,4)35(7,8)34(30,5)6/h10-19H,1-9H3/q+1/i2D3. The van der Waals surface area contributed by atoms with E-state index in [2.05, 4.69) is 47.6 Å². The number of fused-ring (bicyclic) bond motifs is 4. The van der Waals surface area contributed by atoms with Crippen LogP contribution < -0.4 is 4.57 Å². The van der Waals surface area contributed by atoms with Crippen LogP contribution in [-0.4, -0.2) is 0 Å². The largest absolute Gasteiger partial charge is 0.454 e. The maximum atomic E-state index is 16.0. The first kappa shape index (κ1) is 21.5. The second kappa shape index (κ2) is 7.79. The van der Waals surface area contributed by atoms with Gasteiger partial charge in [-0.05, 0) is 76.0 Å². The fourth-order valence-corrected chi connectivity index (χ4v) is 6.73. The van der Waals surface area contributed by atoms with Gasteiger partial charge in [0.15, 0.2) is 6.20 Å². The third-order valence-corrected chi connectivity index (χ3v) is 10.1. The maximum absolute atomic E-state index is 16.0. The Morgan fingerprint density at radius 3 is 2.18 bits per heavy atom. The van der Waals surface area contributed by atoms with Gasteiger partial charge in [-0.25, -0.2) is 8.96 Å². The summed E-state index contributed by atoms with van der Waals surface area (Å²) in [6, 6.07) is 17.0. The van der Waals surface area contributed by atoms with Crippen molar-refractivity contribution in [1.29, 1.82) is 0 Å². The van der Waals surface area contributed by atoms with Crippen molar-refractivity contribution in [3.63, 3.8) is 0 Å². The zero-order valence-corrected chi connectivity index (χ0v) is 23.5. The van der Waals surface area contributed by atoms with Crippen molar-refractivity contribution in [2.24, 2.45) is 12.5 Å². The lowest BCUT2D eigenvalue weighted by molar-refractivity contribution is -0.660. The lowest BCUT2D eigenvalue weighted by atomic mass is 9.59. The molecular weight excluding hydrogens is 469 g/mol. The Morgan fingerprint density at radius 1 is 0.816 bits per heavy atom. The Hall–Kier alpha value is -3.46. The number of furan rings is 1. The number of hydrogen-bond donors (Lipinski definition) is 0. The summed E-state index contributed by atoms with van der Waals surface area (Å²) in [5.41, 5.74) is 6.02. The highest BCUT2D eigenvalue weighted by atomic mass is 19.1. The van der Waals surface area contributed by atoms with E-state index >= 15 is 4.39 Å². The number of hydrogen-bond acceptors (Lipinski definition) is 1. The van der Waals surface area contributed by atoms with Gasteiger partial charge in [-0.15, -0.1) is 0 Å². The summed E-state index contributed by atoms with van der Waals surface area (Å²) in [4.78, 5) is 0. The predicted octanol–water partition coefficient (Wildman–Crippen LogP) is 9.10. The molecule has 5 aromatic rings. The van der Waals surface area contributed by atoms with Crippen LogP contribution in [0, 0.1) is 25.0 Å². The number of pyridine rings is 1. The van der Waals surface area contributed by atoms with Crippen molar-refractivity contribution in [3.05, 3.63) is 88.9 Å². The topological polar surface area (TPSA) is 17.0 Å². The van der Waals surface area contributed by atoms with Crippen molar-refractivity contribution in [2.75, 3.05) is 0 Å². The van der Waals surface area contributed by atoms with Crippen LogP contribution in [0.5, 0.6) is 0 Å². The minimum Gasteiger partial charge on any atom is -0.454 e. The summed E-state index contributed by atoms with van der Waals surface area (Å²) in [6.45, 7) is 12.7. The fourth-order valence-electron chi connectivity index (χ4n) is 6.73. The third kappa shape index (κ3) is 3.02. The van der Waals surface area contributed by atoms with Gasteiger partial charge in [0, 0.05) is 27.0 Å². The van der Waals surface area contributed by atoms with Crippen LogP contribution in [0.3, 0.4) is 0 Å². The predicted molar refractivity (Wildman–Crippen MR) is 155 cm³/mol. The molecule has 0 saturated heterocycles. The SMILES string of the molecule is [2H]C([2H])([2H])c1cc(-c2c(F)ccc3c2oc2c(-c4cccc[n+]4C)c(C)ccc23)cc2c1C(C)(C)C(C)(C)C2(C)C. The molecule has 1 aliphatic carbocycles. The molecule has 2 heterocycles. The van der Waals surface area contributed by atoms with Crippen molar-refractivity contribution >= 4 is 21.9 Å². The first-order valence-electron chi connectivity index (χ1n) is 14.8. The monoisotopic (exact) mass is 509 g/mol. The number of benzene rings is 3. The molecular formula is C35H37FNO+. The molecule has 0 N–H and O–H groups in total. The molecule has 0 aliphatic heterocycles. The van der Waals surface area contributed by atoms with E-state index in [4.69, 9.17) is 8.53 Å². The highest BCUT2D eigenvalue weighted by Crippen LogP contribution is 2.62. The molecule has 0 spiro atoms. The van der Waals surface area contributed by atoms with Crippen LogP contribution in [0.2, 0.25) is 0 Å². The minimum atomic E-state index is -2.36. The van der Waals surface area contributed by atoms with E-state index in [0.29, 0.717) is 22.3 Å². The second-order valence-corrected chi connectivity index (χ2v) is 12.6. The molecule has 3 heteroatoms. The first-order valence-corrected chi connectivity index (χ1v) is 13.3. The smallest absolute Gasteiger partial charge is 0.216 e. The Bertz CT molecular complexity index is 1890. The maximum Gasteiger partial charge on any atom is 0.216 e. The van der Waals surface area contributed by atoms with Gasteiger partial charge in [0.25, 0.3) is 0 Å². The number of rotatable bonds is 2. The van der Waals surface area contributed by atoms with Crippen molar-refractivity contribution in [2.45, 2.75) is 66.1 Å². The molecule has 2 nitrogen and oxygen atoms in total. The molecule has 0 bridgehead atoms. The summed E-state index contributed by atoms with van der Waals surface area (Å²) in [5, 5.41) is 1.69. The van der Waals surface area contributed by atoms with Crippen LogP contribution in [0.4, 0.5) is 4.39 Å². The van der Waals surface area contributed by atoms with Gasteiger partial charge >= 0.3 is 0 Å². The molecule has 194 valence electrons. The Balaban J connectivity index is 1.72. The average Bonchev–Trinajstić information content (AvgIpc) is 3.29. The molecule has 0 atom stereocenters. The Morgan fingerprint density at radius 2 is 1.50 bits per heavy atom. The summed E-state index contributed by atoms with van der Waals surface area (Å²) < 4.78 is 50.2. The minimum absolute atomic E-state index is 0.248. The molecule has 0 radical (unpaired) electrons. The van der Waals surface area contributed by atoms with E-state index < -0.39 is 18.1 Å². The van der Waals surface area contributed by atoms with Gasteiger partial charge < -0.3 is 4.42 Å². The lowest BCUT2D eigenvalue weighted by Crippen LogP contribution is -2.42. The highest BCUT2D eigenvalue weighted by molar-refractivity contribution is 6.13. The highest BCUT2D eigenvalue weighted by Gasteiger charge is 2.57. The van der Waals surface area contributed by atoms with Gasteiger partial charge in [-0.2, -0.15) is 0 Å². The second-order valence-electron chi connectivity index (χ2n) is 12.6. The number of aromatic nitrogens is 1. The average molecular weight is 510 g/mol. The van der Waals surface area contributed by atoms with E-state index in [1.165, 1.54) is 6.07 Å². The quantitative estimate of drug-likeness (QED) is 0.217. The van der Waals surface area contributed by atoms with E-state index in [-0.39, 0.29) is 16.4 Å². The molecule has 3 aromatic carbocycles. The van der Waals surface area contributed by atoms with E-state index in [9.17, 15) is 0 Å². The molecule has 0 unspecified atom stereocenters. The van der Waals surface area contributed by atoms with Crippen LogP contribution in [-0.2, 0) is 17.9 Å². The van der Waals surface area contributed by atoms with Crippen LogP contribution >= 0.6 is 0 Å². The fraction of sp³-hybridized carbons (Fsp3) is 0.343. The number of nitrogens with zero attached hydrogens (tertiary/aromatic N) is 1. The van der Waals surface area contributed by atoms with Gasteiger partial charge in [0.1, 0.15) is 24.0 Å². The van der Waals surface area contributed by atoms with Gasteiger partial charge in [0.05, 0.1) is 11.1 Å².